The van der Waals surface area contributed by atoms with Crippen LogP contribution in [-0.2, 0) is 0 Å². The third kappa shape index (κ3) is 17.4. The topological polar surface area (TPSA) is 0 Å². The van der Waals surface area contributed by atoms with E-state index in [2.05, 4.69) is 83.3 Å². The molecule has 1 aromatic rings. The Balaban J connectivity index is -0.000000302. The first-order valence-corrected chi connectivity index (χ1v) is 14.9. The van der Waals surface area contributed by atoms with Gasteiger partial charge < -0.3 is 0 Å². The first kappa shape index (κ1) is 41.1. The maximum atomic E-state index is 3.97. The summed E-state index contributed by atoms with van der Waals surface area (Å²) < 4.78 is 0. The molecule has 2 rings (SSSR count). The molecule has 0 saturated heterocycles. The number of benzene rings is 1. The summed E-state index contributed by atoms with van der Waals surface area (Å²) in [5, 5.41) is 0. The second kappa shape index (κ2) is 31.0. The Labute approximate surface area is 229 Å². The summed E-state index contributed by atoms with van der Waals surface area (Å²) in [6.45, 7) is 34.8. The van der Waals surface area contributed by atoms with Crippen molar-refractivity contribution in [1.29, 1.82) is 0 Å². The van der Waals surface area contributed by atoms with E-state index in [1.165, 1.54) is 53.5 Å². The third-order valence-electron chi connectivity index (χ3n) is 5.65. The van der Waals surface area contributed by atoms with E-state index >= 15 is 0 Å². The lowest BCUT2D eigenvalue weighted by atomic mass is 9.86. The number of allylic oxidation sites excluding steroid dienone is 8. The highest BCUT2D eigenvalue weighted by Gasteiger charge is 2.13. The van der Waals surface area contributed by atoms with Crippen LogP contribution < -0.4 is 0 Å². The maximum absolute atomic E-state index is 3.97. The van der Waals surface area contributed by atoms with E-state index in [9.17, 15) is 0 Å². The molecule has 1 aromatic carbocycles. The van der Waals surface area contributed by atoms with E-state index in [0.717, 1.165) is 12.3 Å². The van der Waals surface area contributed by atoms with Crippen LogP contribution in [0.4, 0.5) is 0 Å². The minimum Gasteiger partial charge on any atom is -0.0985 e. The van der Waals surface area contributed by atoms with Gasteiger partial charge in [-0.15, -0.1) is 0 Å². The Bertz CT molecular complexity index is 705. The molecule has 1 aliphatic rings. The van der Waals surface area contributed by atoms with Gasteiger partial charge >= 0.3 is 0 Å². The van der Waals surface area contributed by atoms with Crippen molar-refractivity contribution in [2.75, 3.05) is 0 Å². The van der Waals surface area contributed by atoms with Gasteiger partial charge in [0, 0.05) is 5.92 Å². The van der Waals surface area contributed by atoms with Crippen molar-refractivity contribution in [3.63, 3.8) is 0 Å². The van der Waals surface area contributed by atoms with Gasteiger partial charge in [-0.05, 0) is 54.0 Å². The van der Waals surface area contributed by atoms with Gasteiger partial charge in [-0.2, -0.15) is 0 Å². The molecule has 1 atom stereocenters. The van der Waals surface area contributed by atoms with Crippen LogP contribution in [0.2, 0.25) is 0 Å². The summed E-state index contributed by atoms with van der Waals surface area (Å²) >= 11 is 0. The minimum atomic E-state index is 0.337. The summed E-state index contributed by atoms with van der Waals surface area (Å²) in [5.74, 6) is 1.38. The van der Waals surface area contributed by atoms with E-state index < -0.39 is 0 Å². The van der Waals surface area contributed by atoms with Gasteiger partial charge in [0.05, 0.1) is 0 Å². The summed E-state index contributed by atoms with van der Waals surface area (Å²) in [6.07, 6.45) is 17.4. The molecule has 36 heavy (non-hydrogen) atoms. The highest BCUT2D eigenvalue weighted by Crippen LogP contribution is 2.31. The second-order valence-electron chi connectivity index (χ2n) is 7.70. The van der Waals surface area contributed by atoms with Crippen molar-refractivity contribution < 1.29 is 0 Å². The molecule has 1 unspecified atom stereocenters. The summed E-state index contributed by atoms with van der Waals surface area (Å²) in [4.78, 5) is 0. The smallest absolute Gasteiger partial charge is 0.00637 e. The van der Waals surface area contributed by atoms with Crippen LogP contribution >= 0.6 is 0 Å². The van der Waals surface area contributed by atoms with Gasteiger partial charge in [0.25, 0.3) is 0 Å². The van der Waals surface area contributed by atoms with Crippen molar-refractivity contribution in [3.8, 4) is 0 Å². The molecule has 0 nitrogen and oxygen atoms in total. The van der Waals surface area contributed by atoms with E-state index in [1.54, 1.807) is 0 Å². The zero-order valence-corrected chi connectivity index (χ0v) is 26.8. The lowest BCUT2D eigenvalue weighted by Gasteiger charge is -2.19. The van der Waals surface area contributed by atoms with Crippen molar-refractivity contribution >= 4 is 5.57 Å². The molecule has 0 spiro atoms. The van der Waals surface area contributed by atoms with Gasteiger partial charge in [0.1, 0.15) is 0 Å². The average Bonchev–Trinajstić information content (AvgIpc) is 3.45. The van der Waals surface area contributed by atoms with Crippen molar-refractivity contribution in [2.24, 2.45) is 5.92 Å². The fourth-order valence-corrected chi connectivity index (χ4v) is 3.91. The van der Waals surface area contributed by atoms with Gasteiger partial charge in [0.2, 0.25) is 0 Å². The van der Waals surface area contributed by atoms with Gasteiger partial charge in [-0.1, -0.05) is 170 Å². The van der Waals surface area contributed by atoms with Crippen molar-refractivity contribution in [3.05, 3.63) is 90.1 Å². The quantitative estimate of drug-likeness (QED) is 0.329. The lowest BCUT2D eigenvalue weighted by molar-refractivity contribution is 0.612. The Morgan fingerprint density at radius 2 is 1.42 bits per heavy atom. The molecule has 0 aliphatic heterocycles. The van der Waals surface area contributed by atoms with Gasteiger partial charge in [-0.3, -0.25) is 0 Å². The first-order chi connectivity index (χ1) is 17.5. The molecule has 0 amide bonds. The Hall–Kier alpha value is -2.08. The normalized spacial score (nSPS) is 13.9. The largest absolute Gasteiger partial charge is 0.0985 e. The minimum absolute atomic E-state index is 0.337. The Kier molecular flexibility index (Phi) is 35.3. The predicted molar refractivity (Wildman–Crippen MR) is 174 cm³/mol. The van der Waals surface area contributed by atoms with Crippen LogP contribution in [0.5, 0.6) is 0 Å². The SMILES string of the molecule is C=CC(=C\CC)/C(=C/C)C(C)c1cccc(/C(C=C)=C/C)c1.CC.CC.CC.CC.CC1CCCC1. The maximum Gasteiger partial charge on any atom is 0.00637 e. The monoisotopic (exact) mass is 497 g/mol. The number of hydrogen-bond donors (Lipinski definition) is 0. The Morgan fingerprint density at radius 1 is 0.889 bits per heavy atom. The van der Waals surface area contributed by atoms with E-state index in [-0.39, 0.29) is 0 Å². The Morgan fingerprint density at radius 3 is 1.75 bits per heavy atom. The van der Waals surface area contributed by atoms with Crippen LogP contribution in [0, 0.1) is 5.92 Å². The summed E-state index contributed by atoms with van der Waals surface area (Å²) in [5.41, 5.74) is 6.27. The molecule has 1 saturated carbocycles. The molecular formula is C36H64. The fraction of sp³-hybridized carbons (Fsp3) is 0.556. The molecular weight excluding hydrogens is 432 g/mol. The van der Waals surface area contributed by atoms with Crippen molar-refractivity contribution in [1.82, 2.24) is 0 Å². The third-order valence-corrected chi connectivity index (χ3v) is 5.65. The molecule has 0 radical (unpaired) electrons. The van der Waals surface area contributed by atoms with E-state index in [1.807, 2.05) is 74.5 Å². The summed E-state index contributed by atoms with van der Waals surface area (Å²) in [7, 11) is 0. The van der Waals surface area contributed by atoms with Crippen molar-refractivity contribution in [2.45, 2.75) is 128 Å². The van der Waals surface area contributed by atoms with Crippen LogP contribution in [-0.4, -0.2) is 0 Å². The number of hydrogen-bond acceptors (Lipinski definition) is 0. The van der Waals surface area contributed by atoms with Crippen LogP contribution in [0.3, 0.4) is 0 Å². The standard InChI is InChI=1S/C22H28.C6H12.4C2H6/c1-7-13-19(10-4)22(11-5)17(6)20-14-12-15-21(16-20)18(8-2)9-3;1-6-4-2-3-5-6;4*1-2/h8-17H,2,4,7H2,1,3,5-6H3;6H,2-5H2,1H3;4*1-2H3/b18-9+,19-13+,22-11+;;;;;. The zero-order valence-electron chi connectivity index (χ0n) is 26.8. The fourth-order valence-electron chi connectivity index (χ4n) is 3.91. The second-order valence-corrected chi connectivity index (χ2v) is 7.70. The molecule has 1 fully saturated rings. The molecule has 0 heteroatoms. The molecule has 1 aliphatic carbocycles. The summed E-state index contributed by atoms with van der Waals surface area (Å²) in [6, 6.07) is 8.72. The highest BCUT2D eigenvalue weighted by molar-refractivity contribution is 5.73. The molecule has 0 bridgehead atoms. The van der Waals surface area contributed by atoms with Gasteiger partial charge in [0.15, 0.2) is 0 Å². The molecule has 0 N–H and O–H groups in total. The highest BCUT2D eigenvalue weighted by atomic mass is 14.2. The molecule has 0 heterocycles. The van der Waals surface area contributed by atoms with Gasteiger partial charge in [-0.25, -0.2) is 0 Å². The van der Waals surface area contributed by atoms with E-state index in [0.29, 0.717) is 5.92 Å². The number of rotatable bonds is 7. The molecule has 208 valence electrons. The van der Waals surface area contributed by atoms with E-state index in [4.69, 9.17) is 0 Å². The average molecular weight is 497 g/mol. The lowest BCUT2D eigenvalue weighted by Crippen LogP contribution is -2.01. The van der Waals surface area contributed by atoms with Crippen LogP contribution in [0.1, 0.15) is 139 Å². The first-order valence-electron chi connectivity index (χ1n) is 14.9. The van der Waals surface area contributed by atoms with Crippen LogP contribution in [0.15, 0.2) is 78.9 Å². The molecule has 0 aromatic heterocycles. The zero-order chi connectivity index (χ0) is 28.9. The predicted octanol–water partition coefficient (Wildman–Crippen LogP) is 13.1. The van der Waals surface area contributed by atoms with Crippen LogP contribution in [0.25, 0.3) is 5.57 Å².